The van der Waals surface area contributed by atoms with Crippen LogP contribution >= 0.6 is 27.5 Å². The quantitative estimate of drug-likeness (QED) is 0.524. The van der Waals surface area contributed by atoms with Gasteiger partial charge in [0.25, 0.3) is 5.91 Å². The zero-order chi connectivity index (χ0) is 20.3. The van der Waals surface area contributed by atoms with Crippen LogP contribution in [-0.4, -0.2) is 30.0 Å². The number of nitrogens with one attached hydrogen (secondary N) is 2. The van der Waals surface area contributed by atoms with Gasteiger partial charge in [0, 0.05) is 28.8 Å². The number of nitrogens with two attached hydrogens (primary N) is 1. The smallest absolute Gasteiger partial charge is 0.252 e. The summed E-state index contributed by atoms with van der Waals surface area (Å²) in [5, 5.41) is 6.04. The largest absolute Gasteiger partial charge is 0.496 e. The number of anilines is 3. The molecule has 0 aliphatic rings. The number of nitrogens with zero attached hydrogens (tertiary/aromatic N) is 2. The molecule has 0 aliphatic carbocycles. The Bertz CT molecular complexity index is 1040. The molecule has 4 N–H and O–H groups in total. The van der Waals surface area contributed by atoms with Crippen molar-refractivity contribution >= 4 is 50.9 Å². The predicted molar refractivity (Wildman–Crippen MR) is 114 cm³/mol. The maximum atomic E-state index is 11.9. The Balaban J connectivity index is 2.00. The van der Waals surface area contributed by atoms with Crippen LogP contribution < -0.4 is 21.1 Å². The lowest BCUT2D eigenvalue weighted by atomic mass is 10.1. The number of hydrogen-bond donors (Lipinski definition) is 3. The Morgan fingerprint density at radius 3 is 2.68 bits per heavy atom. The van der Waals surface area contributed by atoms with Crippen LogP contribution in [0.2, 0.25) is 5.02 Å². The highest BCUT2D eigenvalue weighted by Crippen LogP contribution is 2.33. The van der Waals surface area contributed by atoms with E-state index in [0.29, 0.717) is 33.5 Å². The lowest BCUT2D eigenvalue weighted by Crippen LogP contribution is -2.18. The fourth-order valence-corrected chi connectivity index (χ4v) is 3.17. The third-order valence-corrected chi connectivity index (χ3v) is 4.71. The summed E-state index contributed by atoms with van der Waals surface area (Å²) in [4.78, 5) is 20.5. The van der Waals surface area contributed by atoms with Crippen LogP contribution in [0.25, 0.3) is 11.3 Å². The van der Waals surface area contributed by atoms with Gasteiger partial charge in [-0.15, -0.1) is 0 Å². The zero-order valence-electron chi connectivity index (χ0n) is 15.1. The van der Waals surface area contributed by atoms with Crippen molar-refractivity contribution in [2.45, 2.75) is 0 Å². The molecular formula is C19H17BrClN5O2. The molecule has 0 saturated carbocycles. The van der Waals surface area contributed by atoms with E-state index in [4.69, 9.17) is 22.1 Å². The second-order valence-electron chi connectivity index (χ2n) is 5.74. The SMILES string of the molecule is CNC(=O)c1cc(Nc2cc(-c3cc(Br)ccc3OC)nc(N)n2)ccc1Cl. The standard InChI is InChI=1S/C19H17BrClN5O2/c1-23-18(27)12-8-11(4-5-14(12)21)24-17-9-15(25-19(22)26-17)13-7-10(20)3-6-16(13)28-2/h3-9H,1-2H3,(H,23,27)(H3,22,24,25,26). The molecule has 2 aromatic carbocycles. The van der Waals surface area contributed by atoms with E-state index < -0.39 is 0 Å². The first kappa shape index (κ1) is 19.9. The molecule has 0 fully saturated rings. The summed E-state index contributed by atoms with van der Waals surface area (Å²) in [6.07, 6.45) is 0. The van der Waals surface area contributed by atoms with E-state index in [0.717, 1.165) is 10.0 Å². The molecule has 7 nitrogen and oxygen atoms in total. The van der Waals surface area contributed by atoms with Crippen molar-refractivity contribution in [2.75, 3.05) is 25.2 Å². The van der Waals surface area contributed by atoms with Crippen LogP contribution in [0.1, 0.15) is 10.4 Å². The summed E-state index contributed by atoms with van der Waals surface area (Å²) in [6.45, 7) is 0. The van der Waals surface area contributed by atoms with Crippen LogP contribution in [0.3, 0.4) is 0 Å². The van der Waals surface area contributed by atoms with Gasteiger partial charge in [-0.3, -0.25) is 4.79 Å². The van der Waals surface area contributed by atoms with Crippen LogP contribution in [0, 0.1) is 0 Å². The van der Waals surface area contributed by atoms with Crippen LogP contribution in [0.15, 0.2) is 46.9 Å². The van der Waals surface area contributed by atoms with Crippen molar-refractivity contribution in [2.24, 2.45) is 0 Å². The second-order valence-corrected chi connectivity index (χ2v) is 7.06. The Labute approximate surface area is 175 Å². The van der Waals surface area contributed by atoms with Gasteiger partial charge in [0.15, 0.2) is 0 Å². The summed E-state index contributed by atoms with van der Waals surface area (Å²) in [5.41, 5.74) is 8.24. The van der Waals surface area contributed by atoms with Gasteiger partial charge in [0.1, 0.15) is 11.6 Å². The highest BCUT2D eigenvalue weighted by atomic mass is 79.9. The summed E-state index contributed by atoms with van der Waals surface area (Å²) < 4.78 is 6.30. The van der Waals surface area contributed by atoms with E-state index in [9.17, 15) is 4.79 Å². The first-order valence-electron chi connectivity index (χ1n) is 8.18. The van der Waals surface area contributed by atoms with Crippen molar-refractivity contribution in [3.63, 3.8) is 0 Å². The Morgan fingerprint density at radius 1 is 1.18 bits per heavy atom. The molecule has 1 amide bonds. The number of hydrogen-bond acceptors (Lipinski definition) is 6. The molecule has 0 aliphatic heterocycles. The van der Waals surface area contributed by atoms with Gasteiger partial charge in [-0.05, 0) is 36.4 Å². The molecule has 28 heavy (non-hydrogen) atoms. The van der Waals surface area contributed by atoms with Crippen molar-refractivity contribution < 1.29 is 9.53 Å². The number of rotatable bonds is 5. The Hall–Kier alpha value is -2.84. The fourth-order valence-electron chi connectivity index (χ4n) is 2.61. The van der Waals surface area contributed by atoms with E-state index in [2.05, 4.69) is 36.5 Å². The van der Waals surface area contributed by atoms with Gasteiger partial charge in [0.05, 0.1) is 23.4 Å². The minimum atomic E-state index is -0.282. The van der Waals surface area contributed by atoms with Crippen LogP contribution in [-0.2, 0) is 0 Å². The molecule has 3 rings (SSSR count). The second kappa shape index (κ2) is 8.45. The number of ether oxygens (including phenoxy) is 1. The average Bonchev–Trinajstić information content (AvgIpc) is 2.68. The number of amides is 1. The molecule has 0 radical (unpaired) electrons. The molecule has 3 aromatic rings. The fraction of sp³-hybridized carbons (Fsp3) is 0.105. The molecule has 1 heterocycles. The Morgan fingerprint density at radius 2 is 1.96 bits per heavy atom. The van der Waals surface area contributed by atoms with E-state index in [-0.39, 0.29) is 11.9 Å². The molecule has 0 atom stereocenters. The minimum absolute atomic E-state index is 0.0996. The first-order valence-corrected chi connectivity index (χ1v) is 9.35. The van der Waals surface area contributed by atoms with Gasteiger partial charge < -0.3 is 21.1 Å². The molecule has 0 saturated heterocycles. The van der Waals surface area contributed by atoms with E-state index in [1.807, 2.05) is 18.2 Å². The summed E-state index contributed by atoms with van der Waals surface area (Å²) in [6, 6.07) is 12.4. The molecule has 0 unspecified atom stereocenters. The van der Waals surface area contributed by atoms with Crippen molar-refractivity contribution in [3.8, 4) is 17.0 Å². The maximum absolute atomic E-state index is 11.9. The normalized spacial score (nSPS) is 10.4. The number of benzene rings is 2. The first-order chi connectivity index (χ1) is 13.4. The number of carbonyl (C=O) groups is 1. The monoisotopic (exact) mass is 461 g/mol. The third kappa shape index (κ3) is 4.35. The zero-order valence-corrected chi connectivity index (χ0v) is 17.4. The molecule has 1 aromatic heterocycles. The lowest BCUT2D eigenvalue weighted by molar-refractivity contribution is 0.0963. The van der Waals surface area contributed by atoms with Gasteiger partial charge in [-0.25, -0.2) is 4.98 Å². The Kier molecular flexibility index (Phi) is 6.01. The van der Waals surface area contributed by atoms with E-state index in [1.54, 1.807) is 38.4 Å². The van der Waals surface area contributed by atoms with Crippen molar-refractivity contribution in [3.05, 3.63) is 57.5 Å². The van der Waals surface area contributed by atoms with Gasteiger partial charge >= 0.3 is 0 Å². The van der Waals surface area contributed by atoms with Crippen molar-refractivity contribution in [1.82, 2.24) is 15.3 Å². The third-order valence-electron chi connectivity index (χ3n) is 3.89. The topological polar surface area (TPSA) is 102 Å². The molecule has 9 heteroatoms. The van der Waals surface area contributed by atoms with Gasteiger partial charge in [-0.2, -0.15) is 4.98 Å². The molecular weight excluding hydrogens is 446 g/mol. The molecule has 144 valence electrons. The number of carbonyl (C=O) groups excluding carboxylic acids is 1. The molecule has 0 spiro atoms. The average molecular weight is 463 g/mol. The molecule has 0 bridgehead atoms. The number of nitrogen functional groups attached to an aromatic ring is 1. The number of halogens is 2. The highest BCUT2D eigenvalue weighted by molar-refractivity contribution is 9.10. The minimum Gasteiger partial charge on any atom is -0.496 e. The number of aromatic nitrogens is 2. The van der Waals surface area contributed by atoms with E-state index >= 15 is 0 Å². The number of methoxy groups -OCH3 is 1. The van der Waals surface area contributed by atoms with Crippen molar-refractivity contribution in [1.29, 1.82) is 0 Å². The summed E-state index contributed by atoms with van der Waals surface area (Å²) >= 11 is 9.55. The van der Waals surface area contributed by atoms with E-state index in [1.165, 1.54) is 0 Å². The maximum Gasteiger partial charge on any atom is 0.252 e. The summed E-state index contributed by atoms with van der Waals surface area (Å²) in [5.74, 6) is 0.938. The van der Waals surface area contributed by atoms with Crippen LogP contribution in [0.5, 0.6) is 5.75 Å². The lowest BCUT2D eigenvalue weighted by Gasteiger charge is -2.12. The van der Waals surface area contributed by atoms with Crippen LogP contribution in [0.4, 0.5) is 17.5 Å². The van der Waals surface area contributed by atoms with Gasteiger partial charge in [0.2, 0.25) is 5.95 Å². The summed E-state index contributed by atoms with van der Waals surface area (Å²) in [7, 11) is 3.13. The predicted octanol–water partition coefficient (Wildman–Crippen LogP) is 4.25. The highest BCUT2D eigenvalue weighted by Gasteiger charge is 2.13. The van der Waals surface area contributed by atoms with Gasteiger partial charge in [-0.1, -0.05) is 27.5 Å².